The molecule has 1 aromatic rings. The van der Waals surface area contributed by atoms with Gasteiger partial charge in [-0.1, -0.05) is 57.0 Å². The molecule has 0 amide bonds. The van der Waals surface area contributed by atoms with Crippen molar-refractivity contribution in [1.82, 2.24) is 4.90 Å². The Bertz CT molecular complexity index is 286. The van der Waals surface area contributed by atoms with Gasteiger partial charge in [-0.3, -0.25) is 0 Å². The van der Waals surface area contributed by atoms with Crippen molar-refractivity contribution >= 4 is 0 Å². The fourth-order valence-corrected chi connectivity index (χ4v) is 2.36. The van der Waals surface area contributed by atoms with E-state index in [1.165, 1.54) is 50.8 Å². The molecule has 1 unspecified atom stereocenters. The molecule has 0 fully saturated rings. The first-order valence-corrected chi connectivity index (χ1v) is 7.55. The van der Waals surface area contributed by atoms with E-state index in [1.807, 2.05) is 0 Å². The average Bonchev–Trinajstić information content (AvgIpc) is 2.40. The van der Waals surface area contributed by atoms with Gasteiger partial charge in [0.05, 0.1) is 0 Å². The average molecular weight is 247 g/mol. The van der Waals surface area contributed by atoms with Crippen molar-refractivity contribution in [2.45, 2.75) is 58.9 Å². The van der Waals surface area contributed by atoms with E-state index in [0.717, 1.165) is 0 Å². The van der Waals surface area contributed by atoms with Crippen LogP contribution in [0.25, 0.3) is 0 Å². The second-order valence-electron chi connectivity index (χ2n) is 5.28. The lowest BCUT2D eigenvalue weighted by Crippen LogP contribution is -2.36. The van der Waals surface area contributed by atoms with Crippen molar-refractivity contribution in [2.24, 2.45) is 0 Å². The number of benzene rings is 1. The van der Waals surface area contributed by atoms with Crippen LogP contribution in [0.15, 0.2) is 30.3 Å². The molecule has 102 valence electrons. The van der Waals surface area contributed by atoms with Crippen molar-refractivity contribution in [2.75, 3.05) is 13.1 Å². The molecule has 0 aromatic heterocycles. The van der Waals surface area contributed by atoms with Crippen molar-refractivity contribution in [3.8, 4) is 0 Å². The van der Waals surface area contributed by atoms with E-state index >= 15 is 0 Å². The van der Waals surface area contributed by atoms with Crippen LogP contribution in [0.2, 0.25) is 0 Å². The molecule has 1 rings (SSSR count). The van der Waals surface area contributed by atoms with E-state index in [1.54, 1.807) is 0 Å². The van der Waals surface area contributed by atoms with Gasteiger partial charge in [0, 0.05) is 6.04 Å². The molecule has 18 heavy (non-hydrogen) atoms. The number of hydrogen-bond donors (Lipinski definition) is 0. The zero-order chi connectivity index (χ0) is 13.2. The van der Waals surface area contributed by atoms with Gasteiger partial charge < -0.3 is 4.90 Å². The van der Waals surface area contributed by atoms with Gasteiger partial charge in [-0.05, 0) is 44.8 Å². The van der Waals surface area contributed by atoms with Crippen LogP contribution in [-0.2, 0) is 6.42 Å². The third kappa shape index (κ3) is 5.68. The van der Waals surface area contributed by atoms with Crippen LogP contribution in [0.4, 0.5) is 0 Å². The van der Waals surface area contributed by atoms with Crippen molar-refractivity contribution < 1.29 is 0 Å². The molecule has 1 heteroatoms. The van der Waals surface area contributed by atoms with Crippen molar-refractivity contribution in [1.29, 1.82) is 0 Å². The largest absolute Gasteiger partial charge is 0.300 e. The van der Waals surface area contributed by atoms with Crippen molar-refractivity contribution in [3.63, 3.8) is 0 Å². The summed E-state index contributed by atoms with van der Waals surface area (Å²) in [4.78, 5) is 2.67. The Morgan fingerprint density at radius 3 is 2.00 bits per heavy atom. The molecule has 0 aliphatic carbocycles. The summed E-state index contributed by atoms with van der Waals surface area (Å²) in [5.41, 5.74) is 1.46. The zero-order valence-electron chi connectivity index (χ0n) is 12.4. The molecule has 0 saturated carbocycles. The van der Waals surface area contributed by atoms with E-state index in [4.69, 9.17) is 0 Å². The van der Waals surface area contributed by atoms with Crippen LogP contribution in [0.1, 0.15) is 52.0 Å². The summed E-state index contributed by atoms with van der Waals surface area (Å²) in [7, 11) is 0. The maximum Gasteiger partial charge on any atom is 0.0107 e. The van der Waals surface area contributed by atoms with E-state index in [0.29, 0.717) is 6.04 Å². The summed E-state index contributed by atoms with van der Waals surface area (Å²) in [6, 6.07) is 11.5. The highest BCUT2D eigenvalue weighted by atomic mass is 15.1. The van der Waals surface area contributed by atoms with Crippen LogP contribution in [0.3, 0.4) is 0 Å². The van der Waals surface area contributed by atoms with Crippen LogP contribution in [-0.4, -0.2) is 24.0 Å². The molecule has 0 radical (unpaired) electrons. The molecular formula is C17H29N. The number of unbranched alkanes of at least 4 members (excludes halogenated alkanes) is 2. The molecular weight excluding hydrogens is 218 g/mol. The van der Waals surface area contributed by atoms with Gasteiger partial charge in [-0.2, -0.15) is 0 Å². The Morgan fingerprint density at radius 1 is 0.944 bits per heavy atom. The number of nitrogens with zero attached hydrogens (tertiary/aromatic N) is 1. The highest BCUT2D eigenvalue weighted by Gasteiger charge is 2.13. The molecule has 1 atom stereocenters. The number of rotatable bonds is 9. The maximum absolute atomic E-state index is 2.67. The predicted octanol–water partition coefficient (Wildman–Crippen LogP) is 4.52. The van der Waals surface area contributed by atoms with Gasteiger partial charge in [-0.25, -0.2) is 0 Å². The van der Waals surface area contributed by atoms with E-state index in [9.17, 15) is 0 Å². The van der Waals surface area contributed by atoms with Crippen LogP contribution >= 0.6 is 0 Å². The quantitative estimate of drug-likeness (QED) is 0.620. The number of hydrogen-bond acceptors (Lipinski definition) is 1. The summed E-state index contributed by atoms with van der Waals surface area (Å²) < 4.78 is 0. The third-order valence-electron chi connectivity index (χ3n) is 3.60. The van der Waals surface area contributed by atoms with Crippen LogP contribution in [0, 0.1) is 0 Å². The Labute approximate surface area is 113 Å². The lowest BCUT2D eigenvalue weighted by molar-refractivity contribution is 0.201. The molecule has 0 bridgehead atoms. The standard InChI is InChI=1S/C17H29N/c1-4-6-13-18(14-7-5-2)16(3)15-17-11-9-8-10-12-17/h8-12,16H,4-7,13-15H2,1-3H3. The topological polar surface area (TPSA) is 3.24 Å². The highest BCUT2D eigenvalue weighted by molar-refractivity contribution is 5.15. The van der Waals surface area contributed by atoms with E-state index < -0.39 is 0 Å². The molecule has 0 saturated heterocycles. The first-order chi connectivity index (χ1) is 8.77. The second kappa shape index (κ2) is 9.16. The normalized spacial score (nSPS) is 12.9. The lowest BCUT2D eigenvalue weighted by Gasteiger charge is -2.29. The fraction of sp³-hybridized carbons (Fsp3) is 0.647. The molecule has 0 aliphatic heterocycles. The van der Waals surface area contributed by atoms with Crippen LogP contribution < -0.4 is 0 Å². The summed E-state index contributed by atoms with van der Waals surface area (Å²) >= 11 is 0. The Hall–Kier alpha value is -0.820. The summed E-state index contributed by atoms with van der Waals surface area (Å²) in [6.45, 7) is 9.44. The van der Waals surface area contributed by atoms with Crippen LogP contribution in [0.5, 0.6) is 0 Å². The minimum absolute atomic E-state index is 0.658. The molecule has 1 nitrogen and oxygen atoms in total. The van der Waals surface area contributed by atoms with Gasteiger partial charge in [0.2, 0.25) is 0 Å². The first kappa shape index (κ1) is 15.2. The smallest absolute Gasteiger partial charge is 0.0107 e. The third-order valence-corrected chi connectivity index (χ3v) is 3.60. The summed E-state index contributed by atoms with van der Waals surface area (Å²) in [5.74, 6) is 0. The Kier molecular flexibility index (Phi) is 7.75. The molecule has 1 aromatic carbocycles. The summed E-state index contributed by atoms with van der Waals surface area (Å²) in [6.07, 6.45) is 6.40. The highest BCUT2D eigenvalue weighted by Crippen LogP contribution is 2.11. The zero-order valence-corrected chi connectivity index (χ0v) is 12.4. The summed E-state index contributed by atoms with van der Waals surface area (Å²) in [5, 5.41) is 0. The molecule has 0 N–H and O–H groups in total. The van der Waals surface area contributed by atoms with Gasteiger partial charge in [-0.15, -0.1) is 0 Å². The van der Waals surface area contributed by atoms with E-state index in [2.05, 4.69) is 56.0 Å². The van der Waals surface area contributed by atoms with Gasteiger partial charge in [0.15, 0.2) is 0 Å². The first-order valence-electron chi connectivity index (χ1n) is 7.55. The van der Waals surface area contributed by atoms with Gasteiger partial charge >= 0.3 is 0 Å². The fourth-order valence-electron chi connectivity index (χ4n) is 2.36. The van der Waals surface area contributed by atoms with Gasteiger partial charge in [0.1, 0.15) is 0 Å². The molecule has 0 heterocycles. The SMILES string of the molecule is CCCCN(CCCC)C(C)Cc1ccccc1. The molecule has 0 aliphatic rings. The second-order valence-corrected chi connectivity index (χ2v) is 5.28. The Balaban J connectivity index is 2.49. The maximum atomic E-state index is 2.67. The van der Waals surface area contributed by atoms with E-state index in [-0.39, 0.29) is 0 Å². The monoisotopic (exact) mass is 247 g/mol. The van der Waals surface area contributed by atoms with Gasteiger partial charge in [0.25, 0.3) is 0 Å². The minimum atomic E-state index is 0.658. The lowest BCUT2D eigenvalue weighted by atomic mass is 10.1. The Morgan fingerprint density at radius 2 is 1.50 bits per heavy atom. The molecule has 0 spiro atoms. The van der Waals surface area contributed by atoms with Crippen molar-refractivity contribution in [3.05, 3.63) is 35.9 Å². The predicted molar refractivity (Wildman–Crippen MR) is 81.0 cm³/mol. The minimum Gasteiger partial charge on any atom is -0.300 e.